The normalized spacial score (nSPS) is 30.5. The van der Waals surface area contributed by atoms with E-state index in [1.165, 1.54) is 6.42 Å². The van der Waals surface area contributed by atoms with Crippen molar-refractivity contribution in [3.63, 3.8) is 0 Å². The molecule has 1 N–H and O–H groups in total. The molecule has 2 aliphatic rings. The summed E-state index contributed by atoms with van der Waals surface area (Å²) in [5.41, 5.74) is 0. The van der Waals surface area contributed by atoms with E-state index in [1.807, 2.05) is 16.8 Å². The molecule has 4 heteroatoms. The van der Waals surface area contributed by atoms with Crippen LogP contribution < -0.4 is 5.32 Å². The second-order valence-electron chi connectivity index (χ2n) is 5.10. The summed E-state index contributed by atoms with van der Waals surface area (Å²) in [6, 6.07) is 0.664. The van der Waals surface area contributed by atoms with Gasteiger partial charge in [-0.3, -0.25) is 0 Å². The van der Waals surface area contributed by atoms with Crippen LogP contribution in [0.25, 0.3) is 0 Å². The van der Waals surface area contributed by atoms with Crippen molar-refractivity contribution in [1.29, 1.82) is 0 Å². The van der Waals surface area contributed by atoms with Crippen molar-refractivity contribution in [2.24, 2.45) is 5.92 Å². The summed E-state index contributed by atoms with van der Waals surface area (Å²) in [7, 11) is 1.94. The Morgan fingerprint density at radius 1 is 1.50 bits per heavy atom. The van der Waals surface area contributed by atoms with Crippen LogP contribution in [0, 0.1) is 5.92 Å². The molecule has 2 atom stereocenters. The van der Waals surface area contributed by atoms with Gasteiger partial charge in [-0.05, 0) is 31.8 Å². The maximum absolute atomic E-state index is 12.0. The predicted molar refractivity (Wildman–Crippen MR) is 64.4 cm³/mol. The second kappa shape index (κ2) is 5.04. The van der Waals surface area contributed by atoms with Gasteiger partial charge in [-0.1, -0.05) is 13.3 Å². The fraction of sp³-hybridized carbons (Fsp3) is 0.917. The highest BCUT2D eigenvalue weighted by molar-refractivity contribution is 5.76. The van der Waals surface area contributed by atoms with Crippen LogP contribution in [0.3, 0.4) is 0 Å². The van der Waals surface area contributed by atoms with Gasteiger partial charge in [-0.15, -0.1) is 0 Å². The smallest absolute Gasteiger partial charge is 0.320 e. The molecule has 2 saturated heterocycles. The zero-order chi connectivity index (χ0) is 11.5. The van der Waals surface area contributed by atoms with Gasteiger partial charge in [0.15, 0.2) is 0 Å². The zero-order valence-electron chi connectivity index (χ0n) is 10.4. The summed E-state index contributed by atoms with van der Waals surface area (Å²) >= 11 is 0. The van der Waals surface area contributed by atoms with Crippen LogP contribution in [0.15, 0.2) is 0 Å². The first-order chi connectivity index (χ1) is 7.72. The molecule has 0 aliphatic carbocycles. The van der Waals surface area contributed by atoms with Crippen molar-refractivity contribution < 1.29 is 4.79 Å². The number of carbonyl (C=O) groups is 1. The SMILES string of the molecule is CCCC1CN(CC2CCNC2)C(=O)N1C. The third-order valence-corrected chi connectivity index (χ3v) is 3.81. The minimum absolute atomic E-state index is 0.227. The van der Waals surface area contributed by atoms with E-state index in [2.05, 4.69) is 12.2 Å². The molecule has 2 heterocycles. The Morgan fingerprint density at radius 2 is 2.31 bits per heavy atom. The number of carbonyl (C=O) groups excluding carboxylic acids is 1. The minimum Gasteiger partial charge on any atom is -0.323 e. The Balaban J connectivity index is 1.88. The lowest BCUT2D eigenvalue weighted by atomic mass is 10.1. The maximum Gasteiger partial charge on any atom is 0.320 e. The number of nitrogens with zero attached hydrogens (tertiary/aromatic N) is 2. The molecule has 2 amide bonds. The summed E-state index contributed by atoms with van der Waals surface area (Å²) in [5, 5.41) is 3.36. The topological polar surface area (TPSA) is 35.6 Å². The van der Waals surface area contributed by atoms with Gasteiger partial charge in [0.05, 0.1) is 6.04 Å². The van der Waals surface area contributed by atoms with Crippen molar-refractivity contribution in [2.75, 3.05) is 33.2 Å². The predicted octanol–water partition coefficient (Wildman–Crippen LogP) is 1.13. The van der Waals surface area contributed by atoms with E-state index in [0.29, 0.717) is 12.0 Å². The Kier molecular flexibility index (Phi) is 3.69. The monoisotopic (exact) mass is 225 g/mol. The van der Waals surface area contributed by atoms with Gasteiger partial charge in [0.2, 0.25) is 0 Å². The lowest BCUT2D eigenvalue weighted by Crippen LogP contribution is -2.34. The second-order valence-corrected chi connectivity index (χ2v) is 5.10. The standard InChI is InChI=1S/C12H23N3O/c1-3-4-11-9-15(12(16)14(11)2)8-10-5-6-13-7-10/h10-11,13H,3-9H2,1-2H3. The molecule has 16 heavy (non-hydrogen) atoms. The van der Waals surface area contributed by atoms with Crippen LogP contribution in [0.2, 0.25) is 0 Å². The van der Waals surface area contributed by atoms with Gasteiger partial charge in [-0.25, -0.2) is 4.79 Å². The first-order valence-electron chi connectivity index (χ1n) is 6.44. The molecule has 4 nitrogen and oxygen atoms in total. The number of hydrogen-bond donors (Lipinski definition) is 1. The maximum atomic E-state index is 12.0. The lowest BCUT2D eigenvalue weighted by Gasteiger charge is -2.19. The zero-order valence-corrected chi connectivity index (χ0v) is 10.4. The molecule has 0 aromatic rings. The van der Waals surface area contributed by atoms with E-state index >= 15 is 0 Å². The van der Waals surface area contributed by atoms with Crippen LogP contribution >= 0.6 is 0 Å². The summed E-state index contributed by atoms with van der Waals surface area (Å²) in [6.07, 6.45) is 3.49. The highest BCUT2D eigenvalue weighted by Gasteiger charge is 2.35. The summed E-state index contributed by atoms with van der Waals surface area (Å²) in [6.45, 7) is 6.24. The number of urea groups is 1. The van der Waals surface area contributed by atoms with Gasteiger partial charge in [0, 0.05) is 20.1 Å². The van der Waals surface area contributed by atoms with E-state index in [4.69, 9.17) is 0 Å². The minimum atomic E-state index is 0.227. The quantitative estimate of drug-likeness (QED) is 0.778. The van der Waals surface area contributed by atoms with Crippen molar-refractivity contribution in [3.05, 3.63) is 0 Å². The van der Waals surface area contributed by atoms with E-state index < -0.39 is 0 Å². The van der Waals surface area contributed by atoms with Gasteiger partial charge in [0.25, 0.3) is 0 Å². The molecule has 0 spiro atoms. The van der Waals surface area contributed by atoms with E-state index in [-0.39, 0.29) is 6.03 Å². The molecule has 0 aromatic heterocycles. The van der Waals surface area contributed by atoms with Gasteiger partial charge < -0.3 is 15.1 Å². The van der Waals surface area contributed by atoms with Gasteiger partial charge in [0.1, 0.15) is 0 Å². The molecular weight excluding hydrogens is 202 g/mol. The van der Waals surface area contributed by atoms with Crippen LogP contribution in [0.1, 0.15) is 26.2 Å². The largest absolute Gasteiger partial charge is 0.323 e. The molecule has 2 aliphatic heterocycles. The summed E-state index contributed by atoms with van der Waals surface area (Å²) in [5.74, 6) is 0.665. The Bertz CT molecular complexity index is 251. The van der Waals surface area contributed by atoms with Crippen LogP contribution in [0.4, 0.5) is 4.79 Å². The Hall–Kier alpha value is -0.770. The van der Waals surface area contributed by atoms with Crippen molar-refractivity contribution in [1.82, 2.24) is 15.1 Å². The first kappa shape index (κ1) is 11.7. The molecule has 92 valence electrons. The number of hydrogen-bond acceptors (Lipinski definition) is 2. The summed E-state index contributed by atoms with van der Waals surface area (Å²) < 4.78 is 0. The summed E-state index contributed by atoms with van der Waals surface area (Å²) in [4.78, 5) is 16.0. The van der Waals surface area contributed by atoms with E-state index in [1.54, 1.807) is 0 Å². The van der Waals surface area contributed by atoms with E-state index in [9.17, 15) is 4.79 Å². The third kappa shape index (κ3) is 2.32. The Morgan fingerprint density at radius 3 is 2.94 bits per heavy atom. The Labute approximate surface area is 98.0 Å². The third-order valence-electron chi connectivity index (χ3n) is 3.81. The van der Waals surface area contributed by atoms with Crippen molar-refractivity contribution in [3.8, 4) is 0 Å². The molecule has 0 radical (unpaired) electrons. The average molecular weight is 225 g/mol. The lowest BCUT2D eigenvalue weighted by molar-refractivity contribution is 0.190. The van der Waals surface area contributed by atoms with Gasteiger partial charge >= 0.3 is 6.03 Å². The number of likely N-dealkylation sites (N-methyl/N-ethyl adjacent to an activating group) is 1. The fourth-order valence-corrected chi connectivity index (χ4v) is 2.79. The van der Waals surface area contributed by atoms with Crippen molar-refractivity contribution >= 4 is 6.03 Å². The molecule has 0 saturated carbocycles. The van der Waals surface area contributed by atoms with Gasteiger partial charge in [-0.2, -0.15) is 0 Å². The molecule has 2 fully saturated rings. The highest BCUT2D eigenvalue weighted by atomic mass is 16.2. The number of nitrogens with one attached hydrogen (secondary N) is 1. The van der Waals surface area contributed by atoms with Crippen LogP contribution in [-0.4, -0.2) is 55.1 Å². The molecule has 2 unspecified atom stereocenters. The fourth-order valence-electron chi connectivity index (χ4n) is 2.79. The molecule has 0 aromatic carbocycles. The first-order valence-corrected chi connectivity index (χ1v) is 6.44. The number of amides is 2. The molecule has 0 bridgehead atoms. The average Bonchev–Trinajstić information content (AvgIpc) is 2.85. The molecular formula is C12H23N3O. The molecule has 2 rings (SSSR count). The highest BCUT2D eigenvalue weighted by Crippen LogP contribution is 2.20. The van der Waals surface area contributed by atoms with E-state index in [0.717, 1.165) is 39.0 Å². The van der Waals surface area contributed by atoms with Crippen molar-refractivity contribution in [2.45, 2.75) is 32.2 Å². The van der Waals surface area contributed by atoms with Crippen LogP contribution in [-0.2, 0) is 0 Å². The number of rotatable bonds is 4. The van der Waals surface area contributed by atoms with Crippen LogP contribution in [0.5, 0.6) is 0 Å².